The van der Waals surface area contributed by atoms with Crippen LogP contribution in [0.15, 0.2) is 46.9 Å². The molecule has 2 nitrogen and oxygen atoms in total. The van der Waals surface area contributed by atoms with E-state index in [0.717, 1.165) is 28.3 Å². The van der Waals surface area contributed by atoms with Crippen LogP contribution in [0.1, 0.15) is 18.4 Å². The van der Waals surface area contributed by atoms with Gasteiger partial charge in [-0.3, -0.25) is 0 Å². The van der Waals surface area contributed by atoms with Crippen LogP contribution < -0.4 is 10.1 Å². The Balaban J connectivity index is 1.54. The van der Waals surface area contributed by atoms with Crippen LogP contribution in [0.4, 0.5) is 0 Å². The average molecular weight is 381 g/mol. The van der Waals surface area contributed by atoms with Gasteiger partial charge in [0.15, 0.2) is 0 Å². The zero-order valence-corrected chi connectivity index (χ0v) is 14.7. The lowest BCUT2D eigenvalue weighted by atomic mass is 9.95. The van der Waals surface area contributed by atoms with E-state index in [0.29, 0.717) is 5.02 Å². The summed E-state index contributed by atoms with van der Waals surface area (Å²) < 4.78 is 6.73. The van der Waals surface area contributed by atoms with Crippen LogP contribution >= 0.6 is 27.5 Å². The van der Waals surface area contributed by atoms with E-state index in [2.05, 4.69) is 33.4 Å². The summed E-state index contributed by atoms with van der Waals surface area (Å²) in [6.07, 6.45) is 3.72. The molecule has 1 aliphatic rings. The maximum atomic E-state index is 5.94. The molecular weight excluding hydrogens is 362 g/mol. The standard InChI is InChI=1S/C18H19BrClNO/c19-17-10-15(20)6-9-18(17)22-16-7-4-13(5-8-16)2-1-3-14-11-21-12-14/h4-10,14,21H,1-3,11-12H2. The van der Waals surface area contributed by atoms with Crippen molar-refractivity contribution in [2.75, 3.05) is 13.1 Å². The van der Waals surface area contributed by atoms with Crippen LogP contribution in [-0.2, 0) is 6.42 Å². The fourth-order valence-electron chi connectivity index (χ4n) is 2.56. The summed E-state index contributed by atoms with van der Waals surface area (Å²) >= 11 is 9.40. The van der Waals surface area contributed by atoms with Crippen molar-refractivity contribution in [2.45, 2.75) is 19.3 Å². The summed E-state index contributed by atoms with van der Waals surface area (Å²) in [6.45, 7) is 2.39. The van der Waals surface area contributed by atoms with E-state index in [4.69, 9.17) is 16.3 Å². The smallest absolute Gasteiger partial charge is 0.141 e. The first kappa shape index (κ1) is 15.9. The highest BCUT2D eigenvalue weighted by atomic mass is 79.9. The minimum atomic E-state index is 0.691. The largest absolute Gasteiger partial charge is 0.456 e. The van der Waals surface area contributed by atoms with Crippen molar-refractivity contribution in [2.24, 2.45) is 5.92 Å². The zero-order valence-electron chi connectivity index (χ0n) is 12.3. The normalized spacial score (nSPS) is 14.6. The highest BCUT2D eigenvalue weighted by Gasteiger charge is 2.15. The van der Waals surface area contributed by atoms with E-state index in [-0.39, 0.29) is 0 Å². The molecule has 2 aromatic carbocycles. The van der Waals surface area contributed by atoms with Crippen LogP contribution in [0.2, 0.25) is 5.02 Å². The average Bonchev–Trinajstić information content (AvgIpc) is 2.46. The lowest BCUT2D eigenvalue weighted by Gasteiger charge is -2.26. The predicted octanol–water partition coefficient (Wildman–Crippen LogP) is 5.44. The molecule has 2 aromatic rings. The molecule has 0 amide bonds. The van der Waals surface area contributed by atoms with Gasteiger partial charge in [0.25, 0.3) is 0 Å². The fourth-order valence-corrected chi connectivity index (χ4v) is 3.32. The first-order chi connectivity index (χ1) is 10.7. The monoisotopic (exact) mass is 379 g/mol. The summed E-state index contributed by atoms with van der Waals surface area (Å²) in [5.41, 5.74) is 1.37. The van der Waals surface area contributed by atoms with Gasteiger partial charge in [0.2, 0.25) is 0 Å². The molecule has 0 radical (unpaired) electrons. The van der Waals surface area contributed by atoms with Crippen molar-refractivity contribution in [3.8, 4) is 11.5 Å². The number of rotatable bonds is 6. The molecule has 0 aromatic heterocycles. The van der Waals surface area contributed by atoms with Gasteiger partial charge >= 0.3 is 0 Å². The third-order valence-corrected chi connectivity index (χ3v) is 4.84. The maximum Gasteiger partial charge on any atom is 0.141 e. The third-order valence-electron chi connectivity index (χ3n) is 3.99. The van der Waals surface area contributed by atoms with Crippen molar-refractivity contribution in [3.63, 3.8) is 0 Å². The van der Waals surface area contributed by atoms with Crippen LogP contribution in [-0.4, -0.2) is 13.1 Å². The molecule has 0 saturated carbocycles. The number of benzene rings is 2. The van der Waals surface area contributed by atoms with Crippen LogP contribution in [0.5, 0.6) is 11.5 Å². The lowest BCUT2D eigenvalue weighted by Crippen LogP contribution is -2.41. The predicted molar refractivity (Wildman–Crippen MR) is 95.0 cm³/mol. The van der Waals surface area contributed by atoms with Crippen molar-refractivity contribution >= 4 is 27.5 Å². The van der Waals surface area contributed by atoms with Crippen LogP contribution in [0, 0.1) is 5.92 Å². The second-order valence-electron chi connectivity index (χ2n) is 5.74. The van der Waals surface area contributed by atoms with Crippen molar-refractivity contribution < 1.29 is 4.74 Å². The number of hydrogen-bond acceptors (Lipinski definition) is 2. The Morgan fingerprint density at radius 1 is 1.14 bits per heavy atom. The van der Waals surface area contributed by atoms with Gasteiger partial charge in [-0.25, -0.2) is 0 Å². The highest BCUT2D eigenvalue weighted by Crippen LogP contribution is 2.32. The number of hydrogen-bond donors (Lipinski definition) is 1. The molecule has 0 spiro atoms. The van der Waals surface area contributed by atoms with Gasteiger partial charge in [0.1, 0.15) is 11.5 Å². The molecule has 1 saturated heterocycles. The first-order valence-corrected chi connectivity index (χ1v) is 8.80. The van der Waals surface area contributed by atoms with Crippen molar-refractivity contribution in [3.05, 3.63) is 57.5 Å². The number of nitrogens with one attached hydrogen (secondary N) is 1. The van der Waals surface area contributed by atoms with Gasteiger partial charge in [-0.2, -0.15) is 0 Å². The van der Waals surface area contributed by atoms with E-state index in [9.17, 15) is 0 Å². The Morgan fingerprint density at radius 2 is 1.91 bits per heavy atom. The Labute approximate surface area is 145 Å². The minimum Gasteiger partial charge on any atom is -0.456 e. The molecule has 4 heteroatoms. The first-order valence-electron chi connectivity index (χ1n) is 7.63. The molecular formula is C18H19BrClNO. The molecule has 22 heavy (non-hydrogen) atoms. The molecule has 116 valence electrons. The highest BCUT2D eigenvalue weighted by molar-refractivity contribution is 9.10. The van der Waals surface area contributed by atoms with Crippen LogP contribution in [0.25, 0.3) is 0 Å². The van der Waals surface area contributed by atoms with Gasteiger partial charge in [-0.1, -0.05) is 23.7 Å². The van der Waals surface area contributed by atoms with E-state index < -0.39 is 0 Å². The Bertz CT molecular complexity index is 625. The number of halogens is 2. The number of ether oxygens (including phenoxy) is 1. The topological polar surface area (TPSA) is 21.3 Å². The quantitative estimate of drug-likeness (QED) is 0.721. The Kier molecular flexibility index (Phi) is 5.40. The van der Waals surface area contributed by atoms with Crippen molar-refractivity contribution in [1.82, 2.24) is 5.32 Å². The third kappa shape index (κ3) is 4.25. The minimum absolute atomic E-state index is 0.691. The van der Waals surface area contributed by atoms with Gasteiger partial charge < -0.3 is 10.1 Å². The summed E-state index contributed by atoms with van der Waals surface area (Å²) in [5.74, 6) is 2.51. The molecule has 1 N–H and O–H groups in total. The Morgan fingerprint density at radius 3 is 2.55 bits per heavy atom. The SMILES string of the molecule is Clc1ccc(Oc2ccc(CCCC3CNC3)cc2)c(Br)c1. The fraction of sp³-hybridized carbons (Fsp3) is 0.333. The summed E-state index contributed by atoms with van der Waals surface area (Å²) in [6, 6.07) is 13.9. The molecule has 3 rings (SSSR count). The molecule has 1 fully saturated rings. The van der Waals surface area contributed by atoms with E-state index in [1.807, 2.05) is 30.3 Å². The van der Waals surface area contributed by atoms with Gasteiger partial charge in [-0.15, -0.1) is 0 Å². The second kappa shape index (κ2) is 7.49. The van der Waals surface area contributed by atoms with Gasteiger partial charge in [0.05, 0.1) is 4.47 Å². The zero-order chi connectivity index (χ0) is 15.4. The maximum absolute atomic E-state index is 5.94. The van der Waals surface area contributed by atoms with Crippen LogP contribution in [0.3, 0.4) is 0 Å². The van der Waals surface area contributed by atoms with Gasteiger partial charge in [0, 0.05) is 5.02 Å². The van der Waals surface area contributed by atoms with E-state index >= 15 is 0 Å². The molecule has 1 heterocycles. The molecule has 1 aliphatic heterocycles. The van der Waals surface area contributed by atoms with E-state index in [1.54, 1.807) is 0 Å². The lowest BCUT2D eigenvalue weighted by molar-refractivity contribution is 0.321. The van der Waals surface area contributed by atoms with Crippen molar-refractivity contribution in [1.29, 1.82) is 0 Å². The molecule has 0 aliphatic carbocycles. The Hall–Kier alpha value is -1.03. The molecule has 0 unspecified atom stereocenters. The summed E-state index contributed by atoms with van der Waals surface area (Å²) in [7, 11) is 0. The molecule has 0 atom stereocenters. The van der Waals surface area contributed by atoms with Gasteiger partial charge in [-0.05, 0) is 90.1 Å². The second-order valence-corrected chi connectivity index (χ2v) is 7.03. The van der Waals surface area contributed by atoms with E-state index in [1.165, 1.54) is 31.5 Å². The summed E-state index contributed by atoms with van der Waals surface area (Å²) in [4.78, 5) is 0. The number of aryl methyl sites for hydroxylation is 1. The summed E-state index contributed by atoms with van der Waals surface area (Å²) in [5, 5.41) is 4.01. The molecule has 0 bridgehead atoms.